The van der Waals surface area contributed by atoms with Crippen LogP contribution >= 0.6 is 0 Å². The van der Waals surface area contributed by atoms with E-state index in [1.165, 1.54) is 48.0 Å². The molecule has 0 unspecified atom stereocenters. The second-order valence-electron chi connectivity index (χ2n) is 4.80. The molecule has 2 aromatic rings. The Kier molecular flexibility index (Phi) is 5.24. The number of halogens is 1. The van der Waals surface area contributed by atoms with Gasteiger partial charge in [0.05, 0.1) is 0 Å². The van der Waals surface area contributed by atoms with Gasteiger partial charge in [0.15, 0.2) is 6.10 Å². The standard InChI is InChI=1S/C16H15FN2O4/c1-11(16(22)18-13-7-5-12(17)6-8-13)23-15(21)10-19-9-3-2-4-14(19)20/h2-9,11H,10H2,1H3,(H,18,22)/t11-/m0/s1. The van der Waals surface area contributed by atoms with Crippen molar-refractivity contribution in [3.05, 3.63) is 64.8 Å². The van der Waals surface area contributed by atoms with Crippen LogP contribution in [0.25, 0.3) is 0 Å². The third-order valence-corrected chi connectivity index (χ3v) is 2.99. The summed E-state index contributed by atoms with van der Waals surface area (Å²) in [5.74, 6) is -1.68. The van der Waals surface area contributed by atoms with Gasteiger partial charge in [-0.1, -0.05) is 6.07 Å². The number of ether oxygens (including phenoxy) is 1. The molecule has 6 nitrogen and oxygen atoms in total. The lowest BCUT2D eigenvalue weighted by Crippen LogP contribution is -2.32. The van der Waals surface area contributed by atoms with Crippen LogP contribution in [0, 0.1) is 5.82 Å². The van der Waals surface area contributed by atoms with Crippen LogP contribution in [-0.4, -0.2) is 22.5 Å². The number of nitrogens with one attached hydrogen (secondary N) is 1. The van der Waals surface area contributed by atoms with Crippen LogP contribution < -0.4 is 10.9 Å². The second-order valence-corrected chi connectivity index (χ2v) is 4.80. The largest absolute Gasteiger partial charge is 0.451 e. The van der Waals surface area contributed by atoms with Crippen LogP contribution in [-0.2, 0) is 20.9 Å². The lowest BCUT2D eigenvalue weighted by atomic mass is 10.3. The fraction of sp³-hybridized carbons (Fsp3) is 0.188. The molecule has 0 aliphatic heterocycles. The highest BCUT2D eigenvalue weighted by Gasteiger charge is 2.18. The van der Waals surface area contributed by atoms with Crippen LogP contribution in [0.5, 0.6) is 0 Å². The molecule has 0 aliphatic rings. The Labute approximate surface area is 131 Å². The number of esters is 1. The summed E-state index contributed by atoms with van der Waals surface area (Å²) in [6.45, 7) is 1.12. The molecule has 7 heteroatoms. The van der Waals surface area contributed by atoms with Crippen molar-refractivity contribution in [2.75, 3.05) is 5.32 Å². The van der Waals surface area contributed by atoms with E-state index >= 15 is 0 Å². The average Bonchev–Trinajstić information content (AvgIpc) is 2.51. The zero-order valence-electron chi connectivity index (χ0n) is 12.4. The molecule has 1 atom stereocenters. The molecule has 1 heterocycles. The summed E-state index contributed by atoms with van der Waals surface area (Å²) in [5, 5.41) is 2.50. The summed E-state index contributed by atoms with van der Waals surface area (Å²) in [7, 11) is 0. The van der Waals surface area contributed by atoms with E-state index < -0.39 is 23.8 Å². The molecule has 1 aromatic carbocycles. The minimum absolute atomic E-state index is 0.284. The molecule has 1 amide bonds. The third kappa shape index (κ3) is 4.77. The first-order valence-electron chi connectivity index (χ1n) is 6.87. The molecule has 0 saturated carbocycles. The first-order valence-corrected chi connectivity index (χ1v) is 6.87. The molecule has 0 aliphatic carbocycles. The molecule has 23 heavy (non-hydrogen) atoms. The van der Waals surface area contributed by atoms with Gasteiger partial charge >= 0.3 is 5.97 Å². The lowest BCUT2D eigenvalue weighted by Gasteiger charge is -2.14. The van der Waals surface area contributed by atoms with Gasteiger partial charge in [-0.25, -0.2) is 4.39 Å². The van der Waals surface area contributed by atoms with Crippen LogP contribution in [0.2, 0.25) is 0 Å². The summed E-state index contributed by atoms with van der Waals surface area (Å²) in [5.41, 5.74) is 0.0476. The van der Waals surface area contributed by atoms with Crippen molar-refractivity contribution < 1.29 is 18.7 Å². The van der Waals surface area contributed by atoms with Crippen molar-refractivity contribution in [2.24, 2.45) is 0 Å². The van der Waals surface area contributed by atoms with E-state index in [9.17, 15) is 18.8 Å². The predicted octanol–water partition coefficient (Wildman–Crippen LogP) is 1.56. The van der Waals surface area contributed by atoms with E-state index in [4.69, 9.17) is 4.74 Å². The Morgan fingerprint density at radius 1 is 1.22 bits per heavy atom. The first-order chi connectivity index (χ1) is 11.0. The van der Waals surface area contributed by atoms with Gasteiger partial charge in [-0.2, -0.15) is 0 Å². The van der Waals surface area contributed by atoms with Gasteiger partial charge in [0.1, 0.15) is 12.4 Å². The molecule has 0 saturated heterocycles. The molecule has 0 spiro atoms. The number of carbonyl (C=O) groups excluding carboxylic acids is 2. The van der Waals surface area contributed by atoms with E-state index in [0.717, 1.165) is 0 Å². The average molecular weight is 318 g/mol. The van der Waals surface area contributed by atoms with E-state index in [-0.39, 0.29) is 12.1 Å². The van der Waals surface area contributed by atoms with E-state index in [1.54, 1.807) is 12.1 Å². The Hall–Kier alpha value is -2.96. The topological polar surface area (TPSA) is 77.4 Å². The maximum absolute atomic E-state index is 12.8. The Morgan fingerprint density at radius 3 is 2.57 bits per heavy atom. The van der Waals surface area contributed by atoms with Crippen LogP contribution in [0.1, 0.15) is 6.92 Å². The van der Waals surface area contributed by atoms with Crippen molar-refractivity contribution >= 4 is 17.6 Å². The normalized spacial score (nSPS) is 11.6. The number of carbonyl (C=O) groups is 2. The molecule has 2 rings (SSSR count). The molecule has 0 fully saturated rings. The SMILES string of the molecule is C[C@H](OC(=O)Cn1ccccc1=O)C(=O)Nc1ccc(F)cc1. The van der Waals surface area contributed by atoms with Gasteiger partial charge in [-0.05, 0) is 37.3 Å². The maximum atomic E-state index is 12.8. The van der Waals surface area contributed by atoms with Crippen LogP contribution in [0.3, 0.4) is 0 Å². The number of aromatic nitrogens is 1. The van der Waals surface area contributed by atoms with Gasteiger partial charge in [0, 0.05) is 18.0 Å². The van der Waals surface area contributed by atoms with Gasteiger partial charge < -0.3 is 14.6 Å². The molecule has 120 valence electrons. The Bertz CT molecular complexity index is 755. The summed E-state index contributed by atoms with van der Waals surface area (Å²) in [6, 6.07) is 9.68. The van der Waals surface area contributed by atoms with Gasteiger partial charge in [0.25, 0.3) is 11.5 Å². The first kappa shape index (κ1) is 16.4. The van der Waals surface area contributed by atoms with Crippen molar-refractivity contribution in [3.8, 4) is 0 Å². The molecule has 1 N–H and O–H groups in total. The Balaban J connectivity index is 1.90. The molecule has 0 radical (unpaired) electrons. The van der Waals surface area contributed by atoms with Crippen molar-refractivity contribution in [2.45, 2.75) is 19.6 Å². The van der Waals surface area contributed by atoms with Gasteiger partial charge in [-0.3, -0.25) is 14.4 Å². The lowest BCUT2D eigenvalue weighted by molar-refractivity contribution is -0.153. The van der Waals surface area contributed by atoms with E-state index in [1.807, 2.05) is 0 Å². The summed E-state index contributed by atoms with van der Waals surface area (Å²) >= 11 is 0. The number of benzene rings is 1. The molecular formula is C16H15FN2O4. The second kappa shape index (κ2) is 7.35. The Morgan fingerprint density at radius 2 is 1.91 bits per heavy atom. The zero-order chi connectivity index (χ0) is 16.8. The minimum Gasteiger partial charge on any atom is -0.451 e. The highest BCUT2D eigenvalue weighted by Crippen LogP contribution is 2.09. The minimum atomic E-state index is -1.05. The third-order valence-electron chi connectivity index (χ3n) is 2.99. The number of pyridine rings is 1. The fourth-order valence-electron chi connectivity index (χ4n) is 1.80. The van der Waals surface area contributed by atoms with Crippen LogP contribution in [0.15, 0.2) is 53.5 Å². The number of hydrogen-bond donors (Lipinski definition) is 1. The smallest absolute Gasteiger partial charge is 0.326 e. The maximum Gasteiger partial charge on any atom is 0.326 e. The van der Waals surface area contributed by atoms with E-state index in [2.05, 4.69) is 5.32 Å². The number of hydrogen-bond acceptors (Lipinski definition) is 4. The number of anilines is 1. The monoisotopic (exact) mass is 318 g/mol. The zero-order valence-corrected chi connectivity index (χ0v) is 12.4. The molecule has 1 aromatic heterocycles. The number of amides is 1. The van der Waals surface area contributed by atoms with Crippen molar-refractivity contribution in [1.29, 1.82) is 0 Å². The molecular weight excluding hydrogens is 303 g/mol. The number of rotatable bonds is 5. The predicted molar refractivity (Wildman–Crippen MR) is 81.3 cm³/mol. The van der Waals surface area contributed by atoms with Gasteiger partial charge in [0.2, 0.25) is 0 Å². The van der Waals surface area contributed by atoms with Crippen molar-refractivity contribution in [1.82, 2.24) is 4.57 Å². The highest BCUT2D eigenvalue weighted by molar-refractivity contribution is 5.95. The summed E-state index contributed by atoms with van der Waals surface area (Å²) in [4.78, 5) is 35.2. The fourth-order valence-corrected chi connectivity index (χ4v) is 1.80. The number of nitrogens with zero attached hydrogens (tertiary/aromatic N) is 1. The highest BCUT2D eigenvalue weighted by atomic mass is 19.1. The van der Waals surface area contributed by atoms with E-state index in [0.29, 0.717) is 5.69 Å². The van der Waals surface area contributed by atoms with Gasteiger partial charge in [-0.15, -0.1) is 0 Å². The van der Waals surface area contributed by atoms with Crippen LogP contribution in [0.4, 0.5) is 10.1 Å². The molecule has 0 bridgehead atoms. The quantitative estimate of drug-likeness (QED) is 0.849. The van der Waals surface area contributed by atoms with Crippen molar-refractivity contribution in [3.63, 3.8) is 0 Å². The summed E-state index contributed by atoms with van der Waals surface area (Å²) in [6.07, 6.45) is 0.402. The summed E-state index contributed by atoms with van der Waals surface area (Å²) < 4.78 is 18.9.